The predicted octanol–water partition coefficient (Wildman–Crippen LogP) is 11.8. The average molecular weight is 729 g/mol. The molecule has 1 aliphatic heterocycles. The van der Waals surface area contributed by atoms with Crippen LogP contribution in [0.5, 0.6) is 17.2 Å². The Morgan fingerprint density at radius 1 is 0.750 bits per heavy atom. The zero-order valence-corrected chi connectivity index (χ0v) is 33.0. The van der Waals surface area contributed by atoms with Gasteiger partial charge in [0.15, 0.2) is 5.60 Å². The summed E-state index contributed by atoms with van der Waals surface area (Å²) in [6.45, 7) is 9.86. The highest BCUT2D eigenvalue weighted by Crippen LogP contribution is 2.67. The maximum Gasteiger partial charge on any atom is 0.178 e. The molecule has 1 spiro atoms. The van der Waals surface area contributed by atoms with Gasteiger partial charge >= 0.3 is 0 Å². The molecule has 1 fully saturated rings. The van der Waals surface area contributed by atoms with Crippen LogP contribution < -0.4 is 14.2 Å². The molecular formula is C46H48O4S2. The van der Waals surface area contributed by atoms with Crippen LogP contribution in [-0.2, 0) is 21.5 Å². The van der Waals surface area contributed by atoms with E-state index in [4.69, 9.17) is 31.6 Å². The molecule has 5 aromatic rings. The van der Waals surface area contributed by atoms with E-state index in [0.29, 0.717) is 11.7 Å². The maximum atomic E-state index is 7.72. The largest absolute Gasteiger partial charge is 0.497 e. The Hall–Kier alpha value is -3.84. The molecule has 2 aliphatic carbocycles. The van der Waals surface area contributed by atoms with Crippen molar-refractivity contribution < 1.29 is 18.9 Å². The smallest absolute Gasteiger partial charge is 0.178 e. The van der Waals surface area contributed by atoms with Crippen LogP contribution in [0.4, 0.5) is 0 Å². The minimum Gasteiger partial charge on any atom is -0.497 e. The van der Waals surface area contributed by atoms with Crippen LogP contribution in [-0.4, -0.2) is 27.3 Å². The Morgan fingerprint density at radius 2 is 1.37 bits per heavy atom. The number of ether oxygens (including phenoxy) is 4. The summed E-state index contributed by atoms with van der Waals surface area (Å²) in [6.07, 6.45) is 7.99. The van der Waals surface area contributed by atoms with Crippen molar-refractivity contribution >= 4 is 41.2 Å². The van der Waals surface area contributed by atoms with Gasteiger partial charge in [0.1, 0.15) is 17.2 Å². The summed E-state index contributed by atoms with van der Waals surface area (Å²) in [4.78, 5) is 1.16. The van der Waals surface area contributed by atoms with Gasteiger partial charge in [-0.2, -0.15) is 12.6 Å². The lowest BCUT2D eigenvalue weighted by molar-refractivity contribution is 0.0642. The molecule has 0 saturated heterocycles. The molecule has 52 heavy (non-hydrogen) atoms. The van der Waals surface area contributed by atoms with E-state index in [0.717, 1.165) is 51.5 Å². The zero-order chi connectivity index (χ0) is 36.5. The number of hydrogen-bond donors (Lipinski definition) is 1. The Kier molecular flexibility index (Phi) is 8.75. The maximum absolute atomic E-state index is 7.72. The van der Waals surface area contributed by atoms with Crippen molar-refractivity contribution in [3.05, 3.63) is 124 Å². The summed E-state index contributed by atoms with van der Waals surface area (Å²) in [5.41, 5.74) is 9.18. The third kappa shape index (κ3) is 5.56. The molecule has 0 bridgehead atoms. The number of hydrogen-bond acceptors (Lipinski definition) is 6. The van der Waals surface area contributed by atoms with Crippen LogP contribution in [0, 0.1) is 10.8 Å². The van der Waals surface area contributed by atoms with Crippen molar-refractivity contribution in [3.8, 4) is 28.4 Å². The Morgan fingerprint density at radius 3 is 1.94 bits per heavy atom. The van der Waals surface area contributed by atoms with Gasteiger partial charge < -0.3 is 18.9 Å². The molecule has 0 amide bonds. The van der Waals surface area contributed by atoms with E-state index in [-0.39, 0.29) is 16.2 Å². The third-order valence-corrected chi connectivity index (χ3v) is 12.9. The highest BCUT2D eigenvalue weighted by atomic mass is 32.2. The van der Waals surface area contributed by atoms with Crippen molar-refractivity contribution in [2.24, 2.45) is 10.8 Å². The second kappa shape index (κ2) is 12.9. The number of thiol groups is 1. The quantitative estimate of drug-likeness (QED) is 0.0978. The number of rotatable bonds is 8. The number of thioether (sulfide) groups is 1. The second-order valence-electron chi connectivity index (χ2n) is 16.3. The third-order valence-electron chi connectivity index (χ3n) is 11.5. The van der Waals surface area contributed by atoms with E-state index in [1.165, 1.54) is 45.2 Å². The van der Waals surface area contributed by atoms with Crippen molar-refractivity contribution in [1.82, 2.24) is 0 Å². The van der Waals surface area contributed by atoms with Gasteiger partial charge in [-0.1, -0.05) is 94.1 Å². The van der Waals surface area contributed by atoms with Crippen molar-refractivity contribution in [2.75, 3.05) is 27.3 Å². The molecule has 0 unspecified atom stereocenters. The van der Waals surface area contributed by atoms with Crippen LogP contribution >= 0.6 is 24.4 Å². The number of benzene rings is 5. The SMILES string of the molecule is COCSc1cc2c3c(c4c(c2cc1CS)-c1ccccc1C41CC(C)(C)CC(C)(C)C1)C=CC(c1ccc(OC)cc1)(c1ccc(OC)cc1)O3. The van der Waals surface area contributed by atoms with E-state index in [1.54, 1.807) is 33.1 Å². The van der Waals surface area contributed by atoms with Gasteiger partial charge in [-0.3, -0.25) is 0 Å². The predicted molar refractivity (Wildman–Crippen MR) is 218 cm³/mol. The van der Waals surface area contributed by atoms with Crippen LogP contribution in [0.3, 0.4) is 0 Å². The van der Waals surface area contributed by atoms with Gasteiger partial charge in [0.2, 0.25) is 0 Å². The van der Waals surface area contributed by atoms with Gasteiger partial charge in [-0.15, -0.1) is 0 Å². The standard InChI is InChI=1S/C46H48O4S2/c1-43(2)25-44(3,4)27-45(26-43)38-11-9-8-10-34(38)40-36-22-29(24-51)39(52-28-47-5)23-37(36)42-35(41(40)45)20-21-46(50-42,30-12-16-32(48-6)17-13-30)31-14-18-33(49-7)19-15-31/h8-23,51H,24-28H2,1-7H3. The molecule has 0 radical (unpaired) electrons. The van der Waals surface area contributed by atoms with Gasteiger partial charge in [0, 0.05) is 45.2 Å². The molecule has 1 heterocycles. The summed E-state index contributed by atoms with van der Waals surface area (Å²) in [5.74, 6) is 3.71. The number of methoxy groups -OCH3 is 3. The Bertz CT molecular complexity index is 2130. The van der Waals surface area contributed by atoms with Crippen LogP contribution in [0.15, 0.2) is 95.9 Å². The van der Waals surface area contributed by atoms with Gasteiger partial charge in [0.05, 0.1) is 20.2 Å². The van der Waals surface area contributed by atoms with E-state index in [2.05, 4.69) is 101 Å². The first-order valence-corrected chi connectivity index (χ1v) is 19.8. The normalized spacial score (nSPS) is 18.4. The fraction of sp³-hybridized carbons (Fsp3) is 0.348. The van der Waals surface area contributed by atoms with Crippen LogP contribution in [0.25, 0.3) is 28.0 Å². The van der Waals surface area contributed by atoms with E-state index in [9.17, 15) is 0 Å². The Balaban J connectivity index is 1.48. The minimum absolute atomic E-state index is 0.143. The van der Waals surface area contributed by atoms with E-state index in [1.807, 2.05) is 24.3 Å². The topological polar surface area (TPSA) is 36.9 Å². The lowest BCUT2D eigenvalue weighted by Gasteiger charge is -2.52. The molecule has 4 nitrogen and oxygen atoms in total. The fourth-order valence-electron chi connectivity index (χ4n) is 10.3. The lowest BCUT2D eigenvalue weighted by Crippen LogP contribution is -2.44. The average Bonchev–Trinajstić information content (AvgIpc) is 3.40. The van der Waals surface area contributed by atoms with Crippen LogP contribution in [0.1, 0.15) is 80.3 Å². The van der Waals surface area contributed by atoms with Crippen molar-refractivity contribution in [2.45, 2.75) is 68.6 Å². The summed E-state index contributed by atoms with van der Waals surface area (Å²) >= 11 is 6.57. The molecular weight excluding hydrogens is 681 g/mol. The van der Waals surface area contributed by atoms with Crippen LogP contribution in [0.2, 0.25) is 0 Å². The molecule has 0 N–H and O–H groups in total. The first-order valence-electron chi connectivity index (χ1n) is 18.1. The fourth-order valence-corrected chi connectivity index (χ4v) is 11.4. The van der Waals surface area contributed by atoms with Gasteiger partial charge in [0.25, 0.3) is 0 Å². The zero-order valence-electron chi connectivity index (χ0n) is 31.3. The molecule has 5 aromatic carbocycles. The molecule has 0 atom stereocenters. The molecule has 3 aliphatic rings. The first kappa shape index (κ1) is 35.2. The second-order valence-corrected chi connectivity index (χ2v) is 17.6. The summed E-state index contributed by atoms with van der Waals surface area (Å²) in [6, 6.07) is 30.5. The molecule has 1 saturated carbocycles. The monoisotopic (exact) mass is 728 g/mol. The van der Waals surface area contributed by atoms with Gasteiger partial charge in [-0.25, -0.2) is 0 Å². The summed E-state index contributed by atoms with van der Waals surface area (Å²) in [7, 11) is 5.15. The molecule has 8 rings (SSSR count). The lowest BCUT2D eigenvalue weighted by atomic mass is 9.52. The highest BCUT2D eigenvalue weighted by Gasteiger charge is 2.55. The summed E-state index contributed by atoms with van der Waals surface area (Å²) in [5, 5.41) is 2.33. The molecule has 268 valence electrons. The van der Waals surface area contributed by atoms with Crippen molar-refractivity contribution in [3.63, 3.8) is 0 Å². The Labute approximate surface area is 318 Å². The molecule has 6 heteroatoms. The first-order chi connectivity index (χ1) is 25.0. The van der Waals surface area contributed by atoms with Gasteiger partial charge in [-0.05, 0) is 106 Å². The molecule has 0 aromatic heterocycles. The van der Waals surface area contributed by atoms with Crippen molar-refractivity contribution in [1.29, 1.82) is 0 Å². The van der Waals surface area contributed by atoms with E-state index >= 15 is 0 Å². The van der Waals surface area contributed by atoms with E-state index < -0.39 is 5.60 Å². The highest BCUT2D eigenvalue weighted by molar-refractivity contribution is 7.99. The summed E-state index contributed by atoms with van der Waals surface area (Å²) < 4.78 is 24.5. The number of fused-ring (bicyclic) bond motifs is 10. The minimum atomic E-state index is -0.904.